The maximum atomic E-state index is 13.5. The number of rotatable bonds is 7. The van der Waals surface area contributed by atoms with Gasteiger partial charge in [-0.1, -0.05) is 72.8 Å². The van der Waals surface area contributed by atoms with Gasteiger partial charge in [0, 0.05) is 21.1 Å². The van der Waals surface area contributed by atoms with E-state index in [2.05, 4.69) is 57.6 Å². The maximum absolute atomic E-state index is 13.5. The van der Waals surface area contributed by atoms with E-state index in [9.17, 15) is 4.79 Å². The van der Waals surface area contributed by atoms with E-state index in [0.717, 1.165) is 38.6 Å². The summed E-state index contributed by atoms with van der Waals surface area (Å²) in [6.07, 6.45) is 0. The molecule has 196 valence electrons. The molecule has 6 heteroatoms. The standard InChI is InChI=1S/C33H28BrNO4/c1-20-13-18-26(34)30(31(20)38-3)33(36)35-27-12-8-11-24-25(27)19-28(37-2)32(39-4)29(24)23-16-14-22(15-17-23)21-9-6-5-7-10-21/h5-19H,1-4H3,(H,35,36). The SMILES string of the molecule is COc1cc2c(NC(=O)c3c(Br)ccc(C)c3OC)cccc2c(-c2ccc(-c3ccccc3)cc2)c1OC. The van der Waals surface area contributed by atoms with Gasteiger partial charge in [0.2, 0.25) is 0 Å². The lowest BCUT2D eigenvalue weighted by atomic mass is 9.94. The largest absolute Gasteiger partial charge is 0.496 e. The molecule has 5 rings (SSSR count). The van der Waals surface area contributed by atoms with Crippen molar-refractivity contribution in [2.75, 3.05) is 26.6 Å². The third kappa shape index (κ3) is 4.95. The highest BCUT2D eigenvalue weighted by Gasteiger charge is 2.22. The molecule has 0 unspecified atom stereocenters. The molecule has 5 aromatic carbocycles. The van der Waals surface area contributed by atoms with Crippen LogP contribution in [-0.4, -0.2) is 27.2 Å². The fraction of sp³-hybridized carbons (Fsp3) is 0.121. The summed E-state index contributed by atoms with van der Waals surface area (Å²) in [5.74, 6) is 1.45. The molecule has 0 aromatic heterocycles. The summed E-state index contributed by atoms with van der Waals surface area (Å²) < 4.78 is 17.8. The van der Waals surface area contributed by atoms with Crippen LogP contribution in [0.25, 0.3) is 33.0 Å². The smallest absolute Gasteiger partial charge is 0.260 e. The van der Waals surface area contributed by atoms with Gasteiger partial charge in [-0.2, -0.15) is 0 Å². The highest BCUT2D eigenvalue weighted by molar-refractivity contribution is 9.10. The minimum absolute atomic E-state index is 0.279. The van der Waals surface area contributed by atoms with E-state index in [1.54, 1.807) is 21.3 Å². The number of hydrogen-bond acceptors (Lipinski definition) is 4. The quantitative estimate of drug-likeness (QED) is 0.209. The monoisotopic (exact) mass is 581 g/mol. The normalized spacial score (nSPS) is 10.8. The van der Waals surface area contributed by atoms with Crippen molar-refractivity contribution in [1.82, 2.24) is 0 Å². The van der Waals surface area contributed by atoms with Gasteiger partial charge in [-0.3, -0.25) is 4.79 Å². The molecule has 0 atom stereocenters. The topological polar surface area (TPSA) is 56.8 Å². The zero-order valence-electron chi connectivity index (χ0n) is 22.2. The third-order valence-corrected chi connectivity index (χ3v) is 7.45. The molecule has 0 bridgehead atoms. The van der Waals surface area contributed by atoms with Gasteiger partial charge in [-0.05, 0) is 68.7 Å². The predicted octanol–water partition coefficient (Wildman–Crippen LogP) is 8.52. The predicted molar refractivity (Wildman–Crippen MR) is 161 cm³/mol. The highest BCUT2D eigenvalue weighted by Crippen LogP contribution is 2.46. The van der Waals surface area contributed by atoms with Gasteiger partial charge in [0.1, 0.15) is 5.75 Å². The average molecular weight is 582 g/mol. The number of aryl methyl sites for hydroxylation is 1. The van der Waals surface area contributed by atoms with Crippen LogP contribution in [0.2, 0.25) is 0 Å². The summed E-state index contributed by atoms with van der Waals surface area (Å²) in [4.78, 5) is 13.5. The number of hydrogen-bond donors (Lipinski definition) is 1. The van der Waals surface area contributed by atoms with Gasteiger partial charge in [0.25, 0.3) is 5.91 Å². The lowest BCUT2D eigenvalue weighted by Gasteiger charge is -2.19. The Labute approximate surface area is 236 Å². The molecular formula is C33H28BrNO4. The fourth-order valence-electron chi connectivity index (χ4n) is 4.91. The number of ether oxygens (including phenoxy) is 3. The first kappa shape index (κ1) is 26.3. The number of fused-ring (bicyclic) bond motifs is 1. The van der Waals surface area contributed by atoms with Gasteiger partial charge >= 0.3 is 0 Å². The van der Waals surface area contributed by atoms with E-state index in [-0.39, 0.29) is 5.91 Å². The molecule has 0 heterocycles. The molecule has 0 aliphatic heterocycles. The first-order valence-corrected chi connectivity index (χ1v) is 13.2. The number of carbonyl (C=O) groups excluding carboxylic acids is 1. The Kier molecular flexibility index (Phi) is 7.57. The molecule has 0 spiro atoms. The van der Waals surface area contributed by atoms with Crippen LogP contribution in [0.3, 0.4) is 0 Å². The number of carbonyl (C=O) groups is 1. The summed E-state index contributed by atoms with van der Waals surface area (Å²) in [7, 11) is 4.82. The lowest BCUT2D eigenvalue weighted by molar-refractivity contribution is 0.102. The Balaban J connectivity index is 1.64. The van der Waals surface area contributed by atoms with Gasteiger partial charge in [-0.15, -0.1) is 0 Å². The zero-order chi connectivity index (χ0) is 27.5. The minimum Gasteiger partial charge on any atom is -0.496 e. The number of nitrogens with one attached hydrogen (secondary N) is 1. The zero-order valence-corrected chi connectivity index (χ0v) is 23.8. The Morgan fingerprint density at radius 3 is 2.03 bits per heavy atom. The van der Waals surface area contributed by atoms with Crippen molar-refractivity contribution in [1.29, 1.82) is 0 Å². The Morgan fingerprint density at radius 2 is 1.36 bits per heavy atom. The molecule has 0 fully saturated rings. The van der Waals surface area contributed by atoms with Crippen molar-refractivity contribution in [2.24, 2.45) is 0 Å². The van der Waals surface area contributed by atoms with E-state index in [4.69, 9.17) is 14.2 Å². The molecule has 0 saturated heterocycles. The summed E-state index contributed by atoms with van der Waals surface area (Å²) in [6, 6.07) is 30.1. The average Bonchev–Trinajstić information content (AvgIpc) is 2.97. The Morgan fingerprint density at radius 1 is 0.692 bits per heavy atom. The van der Waals surface area contributed by atoms with Gasteiger partial charge < -0.3 is 19.5 Å². The van der Waals surface area contributed by atoms with Crippen LogP contribution in [0.1, 0.15) is 15.9 Å². The van der Waals surface area contributed by atoms with Gasteiger partial charge in [0.05, 0.1) is 26.9 Å². The van der Waals surface area contributed by atoms with Crippen LogP contribution >= 0.6 is 15.9 Å². The summed E-state index contributed by atoms with van der Waals surface area (Å²) in [5.41, 5.74) is 6.09. The van der Waals surface area contributed by atoms with Gasteiger partial charge in [0.15, 0.2) is 11.5 Å². The molecule has 5 nitrogen and oxygen atoms in total. The summed E-state index contributed by atoms with van der Waals surface area (Å²) >= 11 is 3.51. The molecule has 0 radical (unpaired) electrons. The molecule has 0 aliphatic rings. The fourth-order valence-corrected chi connectivity index (χ4v) is 5.41. The van der Waals surface area contributed by atoms with E-state index in [1.807, 2.05) is 61.5 Å². The highest BCUT2D eigenvalue weighted by atomic mass is 79.9. The van der Waals surface area contributed by atoms with Crippen LogP contribution in [0.15, 0.2) is 95.5 Å². The number of anilines is 1. The molecule has 5 aromatic rings. The van der Waals surface area contributed by atoms with Crippen LogP contribution < -0.4 is 19.5 Å². The van der Waals surface area contributed by atoms with E-state index >= 15 is 0 Å². The van der Waals surface area contributed by atoms with E-state index in [1.165, 1.54) is 0 Å². The van der Waals surface area contributed by atoms with Crippen molar-refractivity contribution in [3.05, 3.63) is 107 Å². The lowest BCUT2D eigenvalue weighted by Crippen LogP contribution is -2.15. The van der Waals surface area contributed by atoms with Gasteiger partial charge in [-0.25, -0.2) is 0 Å². The van der Waals surface area contributed by atoms with Crippen molar-refractivity contribution in [3.63, 3.8) is 0 Å². The third-order valence-electron chi connectivity index (χ3n) is 6.79. The van der Waals surface area contributed by atoms with Crippen molar-refractivity contribution in [2.45, 2.75) is 6.92 Å². The first-order valence-electron chi connectivity index (χ1n) is 12.4. The molecule has 1 amide bonds. The second kappa shape index (κ2) is 11.2. The van der Waals surface area contributed by atoms with Crippen molar-refractivity contribution < 1.29 is 19.0 Å². The summed E-state index contributed by atoms with van der Waals surface area (Å²) in [6.45, 7) is 1.91. The van der Waals surface area contributed by atoms with Crippen LogP contribution in [0.4, 0.5) is 5.69 Å². The number of halogens is 1. The van der Waals surface area contributed by atoms with Crippen molar-refractivity contribution >= 4 is 38.3 Å². The van der Waals surface area contributed by atoms with E-state index < -0.39 is 0 Å². The first-order chi connectivity index (χ1) is 19.0. The van der Waals surface area contributed by atoms with Crippen LogP contribution in [-0.2, 0) is 0 Å². The van der Waals surface area contributed by atoms with Crippen LogP contribution in [0, 0.1) is 6.92 Å². The molecule has 0 aliphatic carbocycles. The number of amides is 1. The number of methoxy groups -OCH3 is 3. The second-order valence-electron chi connectivity index (χ2n) is 9.06. The Hall–Kier alpha value is -4.29. The Bertz CT molecular complexity index is 1660. The molecule has 1 N–H and O–H groups in total. The van der Waals surface area contributed by atoms with E-state index in [0.29, 0.717) is 33.0 Å². The molecule has 0 saturated carbocycles. The minimum atomic E-state index is -0.279. The second-order valence-corrected chi connectivity index (χ2v) is 9.91. The van der Waals surface area contributed by atoms with Crippen LogP contribution in [0.5, 0.6) is 17.2 Å². The summed E-state index contributed by atoms with van der Waals surface area (Å²) in [5, 5.41) is 4.85. The maximum Gasteiger partial charge on any atom is 0.260 e. The van der Waals surface area contributed by atoms with Crippen molar-refractivity contribution in [3.8, 4) is 39.5 Å². The number of benzene rings is 5. The molecule has 39 heavy (non-hydrogen) atoms. The molecular weight excluding hydrogens is 554 g/mol.